The molecule has 1 amide bonds. The number of ether oxygens (including phenoxy) is 2. The number of nitrogens with one attached hydrogen (secondary N) is 1. The van der Waals surface area contributed by atoms with Crippen LogP contribution in [0.1, 0.15) is 50.0 Å². The molecular formula is C17H21NO4. The Morgan fingerprint density at radius 2 is 2.05 bits per heavy atom. The molecule has 1 atom stereocenters. The summed E-state index contributed by atoms with van der Waals surface area (Å²) >= 11 is 0. The van der Waals surface area contributed by atoms with Gasteiger partial charge in [-0.25, -0.2) is 0 Å². The molecule has 1 aliphatic carbocycles. The monoisotopic (exact) mass is 303 g/mol. The summed E-state index contributed by atoms with van der Waals surface area (Å²) in [5, 5.41) is 3.10. The first-order valence-electron chi connectivity index (χ1n) is 7.87. The number of esters is 1. The molecule has 0 bridgehead atoms. The first kappa shape index (κ1) is 14.9. The van der Waals surface area contributed by atoms with E-state index < -0.39 is 5.92 Å². The molecule has 5 heteroatoms. The SMILES string of the molecule is COc1cccc2c1OC(=O)CC2C(=O)NC1CCCCC1. The summed E-state index contributed by atoms with van der Waals surface area (Å²) in [6, 6.07) is 5.61. The third-order valence-corrected chi connectivity index (χ3v) is 4.46. The van der Waals surface area contributed by atoms with Crippen molar-refractivity contribution in [1.29, 1.82) is 0 Å². The van der Waals surface area contributed by atoms with E-state index in [-0.39, 0.29) is 24.3 Å². The highest BCUT2D eigenvalue weighted by Crippen LogP contribution is 2.41. The van der Waals surface area contributed by atoms with E-state index in [1.54, 1.807) is 6.07 Å². The number of rotatable bonds is 3. The molecule has 1 saturated carbocycles. The van der Waals surface area contributed by atoms with Crippen molar-refractivity contribution in [3.05, 3.63) is 23.8 Å². The van der Waals surface area contributed by atoms with Crippen LogP contribution in [0.15, 0.2) is 18.2 Å². The Kier molecular flexibility index (Phi) is 4.32. The first-order valence-corrected chi connectivity index (χ1v) is 7.87. The zero-order valence-corrected chi connectivity index (χ0v) is 12.8. The van der Waals surface area contributed by atoms with Crippen LogP contribution in [0, 0.1) is 0 Å². The van der Waals surface area contributed by atoms with Gasteiger partial charge in [-0.3, -0.25) is 9.59 Å². The standard InChI is InChI=1S/C17H21NO4/c1-21-14-9-5-8-12-13(10-15(19)22-16(12)14)17(20)18-11-6-3-2-4-7-11/h5,8-9,11,13H,2-4,6-7,10H2,1H3,(H,18,20). The average Bonchev–Trinajstić information content (AvgIpc) is 2.54. The molecule has 22 heavy (non-hydrogen) atoms. The fourth-order valence-electron chi connectivity index (χ4n) is 3.29. The topological polar surface area (TPSA) is 64.6 Å². The fraction of sp³-hybridized carbons (Fsp3) is 0.529. The predicted octanol–water partition coefficient (Wildman–Crippen LogP) is 2.54. The van der Waals surface area contributed by atoms with E-state index >= 15 is 0 Å². The Hall–Kier alpha value is -2.04. The smallest absolute Gasteiger partial charge is 0.312 e. The minimum atomic E-state index is -0.492. The molecule has 0 saturated heterocycles. The van der Waals surface area contributed by atoms with Gasteiger partial charge < -0.3 is 14.8 Å². The summed E-state index contributed by atoms with van der Waals surface area (Å²) in [5.41, 5.74) is 0.729. The van der Waals surface area contributed by atoms with E-state index in [1.165, 1.54) is 13.5 Å². The van der Waals surface area contributed by atoms with Crippen LogP contribution in [0.3, 0.4) is 0 Å². The number of fused-ring (bicyclic) bond motifs is 1. The third kappa shape index (κ3) is 2.93. The van der Waals surface area contributed by atoms with Crippen molar-refractivity contribution < 1.29 is 19.1 Å². The second kappa shape index (κ2) is 6.38. The largest absolute Gasteiger partial charge is 0.493 e. The molecule has 1 N–H and O–H groups in total. The quantitative estimate of drug-likeness (QED) is 0.688. The highest BCUT2D eigenvalue weighted by molar-refractivity contribution is 5.92. The van der Waals surface area contributed by atoms with Gasteiger partial charge in [0.2, 0.25) is 5.91 Å². The Morgan fingerprint density at radius 3 is 2.77 bits per heavy atom. The van der Waals surface area contributed by atoms with Gasteiger partial charge in [0.1, 0.15) is 0 Å². The molecule has 2 aliphatic rings. The van der Waals surface area contributed by atoms with Gasteiger partial charge in [0.05, 0.1) is 19.4 Å². The minimum absolute atomic E-state index is 0.0821. The zero-order chi connectivity index (χ0) is 15.5. The van der Waals surface area contributed by atoms with Crippen molar-refractivity contribution in [2.24, 2.45) is 0 Å². The number of hydrogen-bond donors (Lipinski definition) is 1. The normalized spacial score (nSPS) is 21.7. The van der Waals surface area contributed by atoms with Crippen molar-refractivity contribution in [2.75, 3.05) is 7.11 Å². The van der Waals surface area contributed by atoms with Gasteiger partial charge in [-0.05, 0) is 18.9 Å². The lowest BCUT2D eigenvalue weighted by molar-refractivity contribution is -0.139. The lowest BCUT2D eigenvalue weighted by Crippen LogP contribution is -2.41. The van der Waals surface area contributed by atoms with E-state index in [9.17, 15) is 9.59 Å². The van der Waals surface area contributed by atoms with Crippen LogP contribution in [-0.2, 0) is 9.59 Å². The summed E-state index contributed by atoms with van der Waals surface area (Å²) in [7, 11) is 1.52. The van der Waals surface area contributed by atoms with Gasteiger partial charge in [0.25, 0.3) is 0 Å². The van der Waals surface area contributed by atoms with Crippen molar-refractivity contribution in [1.82, 2.24) is 5.32 Å². The van der Waals surface area contributed by atoms with E-state index in [1.807, 2.05) is 12.1 Å². The van der Waals surface area contributed by atoms with Crippen molar-refractivity contribution in [2.45, 2.75) is 50.5 Å². The van der Waals surface area contributed by atoms with Crippen LogP contribution < -0.4 is 14.8 Å². The molecule has 3 rings (SSSR count). The predicted molar refractivity (Wildman–Crippen MR) is 81.0 cm³/mol. The second-order valence-electron chi connectivity index (χ2n) is 5.95. The van der Waals surface area contributed by atoms with Gasteiger partial charge in [-0.2, -0.15) is 0 Å². The molecule has 1 aliphatic heterocycles. The van der Waals surface area contributed by atoms with E-state index in [4.69, 9.17) is 9.47 Å². The van der Waals surface area contributed by atoms with Crippen LogP contribution in [0.25, 0.3) is 0 Å². The first-order chi connectivity index (χ1) is 10.7. The molecule has 1 heterocycles. The summed E-state index contributed by atoms with van der Waals surface area (Å²) in [4.78, 5) is 24.5. The molecule has 118 valence electrons. The van der Waals surface area contributed by atoms with Gasteiger partial charge in [-0.15, -0.1) is 0 Å². The maximum Gasteiger partial charge on any atom is 0.312 e. The number of carbonyl (C=O) groups excluding carboxylic acids is 2. The third-order valence-electron chi connectivity index (χ3n) is 4.46. The Bertz CT molecular complexity index is 578. The Labute approximate surface area is 130 Å². The van der Waals surface area contributed by atoms with Gasteiger partial charge in [0, 0.05) is 11.6 Å². The highest BCUT2D eigenvalue weighted by Gasteiger charge is 2.35. The van der Waals surface area contributed by atoms with E-state index in [0.717, 1.165) is 31.2 Å². The van der Waals surface area contributed by atoms with E-state index in [0.29, 0.717) is 11.5 Å². The van der Waals surface area contributed by atoms with Crippen molar-refractivity contribution in [3.63, 3.8) is 0 Å². The average molecular weight is 303 g/mol. The fourth-order valence-corrected chi connectivity index (χ4v) is 3.29. The highest BCUT2D eigenvalue weighted by atomic mass is 16.6. The Morgan fingerprint density at radius 1 is 1.27 bits per heavy atom. The lowest BCUT2D eigenvalue weighted by atomic mass is 9.90. The minimum Gasteiger partial charge on any atom is -0.493 e. The second-order valence-corrected chi connectivity index (χ2v) is 5.95. The van der Waals surface area contributed by atoms with Gasteiger partial charge in [0.15, 0.2) is 11.5 Å². The van der Waals surface area contributed by atoms with Crippen molar-refractivity contribution in [3.8, 4) is 11.5 Å². The molecule has 0 spiro atoms. The summed E-state index contributed by atoms with van der Waals surface area (Å²) in [6.45, 7) is 0. The number of para-hydroxylation sites is 1. The Balaban J connectivity index is 1.82. The zero-order valence-electron chi connectivity index (χ0n) is 12.8. The van der Waals surface area contributed by atoms with Crippen LogP contribution in [0.2, 0.25) is 0 Å². The van der Waals surface area contributed by atoms with Crippen LogP contribution in [-0.4, -0.2) is 25.0 Å². The van der Waals surface area contributed by atoms with Crippen LogP contribution in [0.5, 0.6) is 11.5 Å². The number of hydrogen-bond acceptors (Lipinski definition) is 4. The van der Waals surface area contributed by atoms with Crippen molar-refractivity contribution >= 4 is 11.9 Å². The van der Waals surface area contributed by atoms with E-state index in [2.05, 4.69) is 5.32 Å². The maximum absolute atomic E-state index is 12.6. The molecule has 1 aromatic rings. The summed E-state index contributed by atoms with van der Waals surface area (Å²) < 4.78 is 10.5. The molecule has 1 aromatic carbocycles. The molecule has 1 unspecified atom stereocenters. The molecule has 5 nitrogen and oxygen atoms in total. The van der Waals surface area contributed by atoms with Gasteiger partial charge >= 0.3 is 5.97 Å². The summed E-state index contributed by atoms with van der Waals surface area (Å²) in [5.74, 6) is -0.0989. The van der Waals surface area contributed by atoms with Crippen LogP contribution in [0.4, 0.5) is 0 Å². The molecular weight excluding hydrogens is 282 g/mol. The lowest BCUT2D eigenvalue weighted by Gasteiger charge is -2.28. The number of benzene rings is 1. The molecule has 0 aromatic heterocycles. The molecule has 1 fully saturated rings. The molecule has 0 radical (unpaired) electrons. The number of methoxy groups -OCH3 is 1. The van der Waals surface area contributed by atoms with Crippen LogP contribution >= 0.6 is 0 Å². The summed E-state index contributed by atoms with van der Waals surface area (Å²) in [6.07, 6.45) is 5.67. The number of amides is 1. The maximum atomic E-state index is 12.6. The van der Waals surface area contributed by atoms with Gasteiger partial charge in [-0.1, -0.05) is 31.4 Å². The number of carbonyl (C=O) groups is 2.